The number of fused-ring (bicyclic) bond motifs is 1. The summed E-state index contributed by atoms with van der Waals surface area (Å²) < 4.78 is 1.44. The molecular weight excluding hydrogens is 300 g/mol. The largest absolute Gasteiger partial charge is 0.310 e. The predicted octanol–water partition coefficient (Wildman–Crippen LogP) is 1.56. The zero-order chi connectivity index (χ0) is 16.6. The van der Waals surface area contributed by atoms with Crippen molar-refractivity contribution < 1.29 is 14.5 Å². The van der Waals surface area contributed by atoms with Gasteiger partial charge in [0.1, 0.15) is 11.9 Å². The average Bonchev–Trinajstić information content (AvgIpc) is 3.01. The van der Waals surface area contributed by atoms with Crippen LogP contribution in [0.4, 0.5) is 5.69 Å². The average molecular weight is 314 g/mol. The van der Waals surface area contributed by atoms with Crippen LogP contribution in [0.1, 0.15) is 32.8 Å². The summed E-state index contributed by atoms with van der Waals surface area (Å²) in [5.41, 5.74) is 1.24. The Bertz CT molecular complexity index is 777. The second-order valence-corrected chi connectivity index (χ2v) is 5.27. The van der Waals surface area contributed by atoms with Crippen LogP contribution in [0, 0.1) is 10.1 Å². The smallest absolute Gasteiger partial charge is 0.274 e. The van der Waals surface area contributed by atoms with E-state index < -0.39 is 4.92 Å². The van der Waals surface area contributed by atoms with Gasteiger partial charge in [-0.15, -0.1) is 0 Å². The molecule has 1 aliphatic heterocycles. The summed E-state index contributed by atoms with van der Waals surface area (Å²) in [6.45, 7) is 0.217. The molecule has 1 aromatic heterocycles. The maximum Gasteiger partial charge on any atom is 0.310 e. The number of carbonyl (C=O) groups excluding carboxylic acids is 2. The monoisotopic (exact) mass is 314 g/mol. The SMILES string of the molecule is Cn1ncc([N+](=O)[O-])c1CCCN1C(=O)c2ccccc2C1=O. The Morgan fingerprint density at radius 1 is 1.17 bits per heavy atom. The highest BCUT2D eigenvalue weighted by atomic mass is 16.6. The molecule has 0 spiro atoms. The Kier molecular flexibility index (Phi) is 3.65. The molecule has 23 heavy (non-hydrogen) atoms. The minimum absolute atomic E-state index is 0.0464. The van der Waals surface area contributed by atoms with Crippen molar-refractivity contribution in [2.75, 3.05) is 6.54 Å². The van der Waals surface area contributed by atoms with E-state index in [0.717, 1.165) is 0 Å². The highest BCUT2D eigenvalue weighted by Gasteiger charge is 2.34. The molecule has 0 atom stereocenters. The summed E-state index contributed by atoms with van der Waals surface area (Å²) in [6.07, 6.45) is 2.00. The summed E-state index contributed by atoms with van der Waals surface area (Å²) in [4.78, 5) is 36.1. The van der Waals surface area contributed by atoms with Gasteiger partial charge in [0.15, 0.2) is 0 Å². The Morgan fingerprint density at radius 3 is 2.35 bits per heavy atom. The lowest BCUT2D eigenvalue weighted by Gasteiger charge is -2.13. The second-order valence-electron chi connectivity index (χ2n) is 5.27. The third kappa shape index (κ3) is 2.48. The van der Waals surface area contributed by atoms with Gasteiger partial charge in [0.25, 0.3) is 11.8 Å². The highest BCUT2D eigenvalue weighted by molar-refractivity contribution is 6.21. The van der Waals surface area contributed by atoms with Gasteiger partial charge < -0.3 is 0 Å². The zero-order valence-corrected chi connectivity index (χ0v) is 12.4. The van der Waals surface area contributed by atoms with Crippen molar-refractivity contribution >= 4 is 17.5 Å². The van der Waals surface area contributed by atoms with Crippen molar-refractivity contribution in [1.82, 2.24) is 14.7 Å². The fourth-order valence-corrected chi connectivity index (χ4v) is 2.74. The fraction of sp³-hybridized carbons (Fsp3) is 0.267. The van der Waals surface area contributed by atoms with E-state index >= 15 is 0 Å². The first kappa shape index (κ1) is 14.9. The first-order valence-corrected chi connectivity index (χ1v) is 7.11. The van der Waals surface area contributed by atoms with Crippen LogP contribution in [0.5, 0.6) is 0 Å². The molecule has 0 bridgehead atoms. The number of aryl methyl sites for hydroxylation is 1. The topological polar surface area (TPSA) is 98.3 Å². The lowest BCUT2D eigenvalue weighted by Crippen LogP contribution is -2.31. The van der Waals surface area contributed by atoms with E-state index in [1.807, 2.05) is 0 Å². The first-order chi connectivity index (χ1) is 11.0. The van der Waals surface area contributed by atoms with E-state index in [4.69, 9.17) is 0 Å². The summed E-state index contributed by atoms with van der Waals surface area (Å²) in [5.74, 6) is -0.629. The molecule has 0 saturated carbocycles. The molecule has 2 amide bonds. The number of carbonyl (C=O) groups is 2. The number of nitro groups is 1. The molecule has 0 radical (unpaired) electrons. The highest BCUT2D eigenvalue weighted by Crippen LogP contribution is 2.23. The van der Waals surface area contributed by atoms with Gasteiger partial charge in [-0.1, -0.05) is 12.1 Å². The van der Waals surface area contributed by atoms with Gasteiger partial charge in [-0.2, -0.15) is 5.10 Å². The minimum atomic E-state index is -0.482. The van der Waals surface area contributed by atoms with Crippen molar-refractivity contribution in [1.29, 1.82) is 0 Å². The summed E-state index contributed by atoms with van der Waals surface area (Å²) in [6, 6.07) is 6.68. The molecule has 8 nitrogen and oxygen atoms in total. The Hall–Kier alpha value is -3.03. The van der Waals surface area contributed by atoms with Gasteiger partial charge in [0, 0.05) is 13.6 Å². The van der Waals surface area contributed by atoms with Crippen molar-refractivity contribution in [3.8, 4) is 0 Å². The summed E-state index contributed by atoms with van der Waals surface area (Å²) in [7, 11) is 1.63. The number of hydrogen-bond donors (Lipinski definition) is 0. The maximum absolute atomic E-state index is 12.2. The molecule has 118 valence electrons. The molecule has 0 aliphatic carbocycles. The van der Waals surface area contributed by atoms with Crippen LogP contribution < -0.4 is 0 Å². The second kappa shape index (κ2) is 5.64. The number of rotatable bonds is 5. The van der Waals surface area contributed by atoms with Gasteiger partial charge in [-0.25, -0.2) is 0 Å². The van der Waals surface area contributed by atoms with Crippen molar-refractivity contribution in [3.05, 3.63) is 57.4 Å². The molecule has 0 unspecified atom stereocenters. The minimum Gasteiger partial charge on any atom is -0.274 e. The number of amides is 2. The normalized spacial score (nSPS) is 13.5. The molecule has 0 fully saturated rings. The van der Waals surface area contributed by atoms with E-state index in [1.165, 1.54) is 15.8 Å². The third-order valence-corrected chi connectivity index (χ3v) is 3.91. The molecule has 2 heterocycles. The van der Waals surface area contributed by atoms with Crippen LogP contribution >= 0.6 is 0 Å². The lowest BCUT2D eigenvalue weighted by molar-refractivity contribution is -0.385. The summed E-state index contributed by atoms with van der Waals surface area (Å²) in [5, 5.41) is 14.8. The first-order valence-electron chi connectivity index (χ1n) is 7.11. The van der Waals surface area contributed by atoms with Crippen LogP contribution in [-0.2, 0) is 13.5 Å². The van der Waals surface area contributed by atoms with Crippen LogP contribution in [0.2, 0.25) is 0 Å². The van der Waals surface area contributed by atoms with E-state index in [9.17, 15) is 19.7 Å². The van der Waals surface area contributed by atoms with Gasteiger partial charge in [-0.3, -0.25) is 29.3 Å². The number of benzene rings is 1. The van der Waals surface area contributed by atoms with Gasteiger partial charge >= 0.3 is 5.69 Å². The molecule has 2 aromatic rings. The maximum atomic E-state index is 12.2. The Balaban J connectivity index is 1.69. The molecule has 1 aliphatic rings. The standard InChI is InChI=1S/C15H14N4O4/c1-17-12(13(9-16-17)19(22)23)7-4-8-18-14(20)10-5-2-3-6-11(10)15(18)21/h2-3,5-6,9H,4,7-8H2,1H3. The van der Waals surface area contributed by atoms with E-state index in [-0.39, 0.29) is 24.0 Å². The molecule has 0 saturated heterocycles. The number of nitrogens with zero attached hydrogens (tertiary/aromatic N) is 4. The molecular formula is C15H14N4O4. The molecule has 8 heteroatoms. The van der Waals surface area contributed by atoms with E-state index in [2.05, 4.69) is 5.10 Å². The molecule has 3 rings (SSSR count). The number of aromatic nitrogens is 2. The van der Waals surface area contributed by atoms with Crippen LogP contribution in [0.25, 0.3) is 0 Å². The predicted molar refractivity (Wildman–Crippen MR) is 80.0 cm³/mol. The zero-order valence-electron chi connectivity index (χ0n) is 12.4. The van der Waals surface area contributed by atoms with Crippen molar-refractivity contribution in [2.24, 2.45) is 7.05 Å². The fourth-order valence-electron chi connectivity index (χ4n) is 2.74. The van der Waals surface area contributed by atoms with Gasteiger partial charge in [0.2, 0.25) is 0 Å². The van der Waals surface area contributed by atoms with Crippen molar-refractivity contribution in [2.45, 2.75) is 12.8 Å². The van der Waals surface area contributed by atoms with Gasteiger partial charge in [-0.05, 0) is 25.0 Å². The summed E-state index contributed by atoms with van der Waals surface area (Å²) >= 11 is 0. The van der Waals surface area contributed by atoms with Crippen LogP contribution in [0.15, 0.2) is 30.5 Å². The molecule has 0 N–H and O–H groups in total. The lowest BCUT2D eigenvalue weighted by atomic mass is 10.1. The number of hydrogen-bond acceptors (Lipinski definition) is 5. The Morgan fingerprint density at radius 2 is 1.78 bits per heavy atom. The van der Waals surface area contributed by atoms with Gasteiger partial charge in [0.05, 0.1) is 16.1 Å². The van der Waals surface area contributed by atoms with Crippen LogP contribution in [-0.4, -0.2) is 38.0 Å². The van der Waals surface area contributed by atoms with E-state index in [0.29, 0.717) is 29.7 Å². The Labute approximate surface area is 131 Å². The van der Waals surface area contributed by atoms with Crippen molar-refractivity contribution in [3.63, 3.8) is 0 Å². The quantitative estimate of drug-likeness (QED) is 0.474. The van der Waals surface area contributed by atoms with E-state index in [1.54, 1.807) is 31.3 Å². The van der Waals surface area contributed by atoms with Crippen LogP contribution in [0.3, 0.4) is 0 Å². The molecule has 1 aromatic carbocycles. The number of imide groups is 1. The third-order valence-electron chi connectivity index (χ3n) is 3.91.